The van der Waals surface area contributed by atoms with Crippen molar-refractivity contribution in [3.63, 3.8) is 0 Å². The molecule has 0 amide bonds. The fourth-order valence-electron chi connectivity index (χ4n) is 1.62. The van der Waals surface area contributed by atoms with Crippen molar-refractivity contribution in [1.82, 2.24) is 4.98 Å². The predicted molar refractivity (Wildman–Crippen MR) is 67.2 cm³/mol. The molecule has 1 heterocycles. The first kappa shape index (κ1) is 11.4. The smallest absolute Gasteiger partial charge is 0.123 e. The summed E-state index contributed by atoms with van der Waals surface area (Å²) in [6, 6.07) is 11.9. The van der Waals surface area contributed by atoms with Crippen LogP contribution in [-0.4, -0.2) is 12.0 Å². The third kappa shape index (κ3) is 2.93. The van der Waals surface area contributed by atoms with Crippen molar-refractivity contribution in [2.75, 3.05) is 17.7 Å². The molecule has 4 heteroatoms. The number of aromatic nitrogens is 1. The Kier molecular flexibility index (Phi) is 3.23. The number of anilines is 2. The largest absolute Gasteiger partial charge is 0.384 e. The molecule has 0 aliphatic carbocycles. The molecule has 0 aliphatic rings. The van der Waals surface area contributed by atoms with Crippen LogP contribution in [0.5, 0.6) is 0 Å². The summed E-state index contributed by atoms with van der Waals surface area (Å²) in [7, 11) is 1.93. The van der Waals surface area contributed by atoms with E-state index in [-0.39, 0.29) is 5.82 Å². The zero-order chi connectivity index (χ0) is 12.3. The molecular formula is C13H14FN3. The lowest BCUT2D eigenvalue weighted by Crippen LogP contribution is -2.17. The highest BCUT2D eigenvalue weighted by atomic mass is 19.1. The number of hydrogen-bond donors (Lipinski definition) is 1. The van der Waals surface area contributed by atoms with Gasteiger partial charge in [-0.3, -0.25) is 0 Å². The monoisotopic (exact) mass is 231 g/mol. The van der Waals surface area contributed by atoms with Crippen LogP contribution in [0.2, 0.25) is 0 Å². The number of nitrogen functional groups attached to an aromatic ring is 1. The Morgan fingerprint density at radius 3 is 2.53 bits per heavy atom. The number of pyridine rings is 1. The number of hydrogen-bond acceptors (Lipinski definition) is 3. The van der Waals surface area contributed by atoms with Crippen molar-refractivity contribution >= 4 is 11.5 Å². The van der Waals surface area contributed by atoms with Crippen LogP contribution in [0.15, 0.2) is 42.5 Å². The molecule has 2 rings (SSSR count). The first-order chi connectivity index (χ1) is 8.15. The number of rotatable bonds is 3. The van der Waals surface area contributed by atoms with Crippen molar-refractivity contribution in [2.45, 2.75) is 6.54 Å². The zero-order valence-corrected chi connectivity index (χ0v) is 9.60. The molecule has 0 radical (unpaired) electrons. The molecule has 0 saturated heterocycles. The summed E-state index contributed by atoms with van der Waals surface area (Å²) in [5, 5.41) is 0. The molecule has 2 N–H and O–H groups in total. The molecule has 2 aromatic rings. The number of nitrogens with two attached hydrogens (primary N) is 1. The van der Waals surface area contributed by atoms with E-state index in [2.05, 4.69) is 4.98 Å². The summed E-state index contributed by atoms with van der Waals surface area (Å²) in [6.45, 7) is 0.636. The molecule has 0 spiro atoms. The molecule has 17 heavy (non-hydrogen) atoms. The molecule has 1 aromatic carbocycles. The lowest BCUT2D eigenvalue weighted by molar-refractivity contribution is 0.627. The molecule has 0 bridgehead atoms. The Bertz CT molecular complexity index is 496. The molecular weight excluding hydrogens is 217 g/mol. The average Bonchev–Trinajstić information content (AvgIpc) is 2.29. The third-order valence-electron chi connectivity index (χ3n) is 2.49. The van der Waals surface area contributed by atoms with E-state index in [1.807, 2.05) is 24.1 Å². The molecule has 0 fully saturated rings. The first-order valence-corrected chi connectivity index (χ1v) is 5.33. The van der Waals surface area contributed by atoms with E-state index < -0.39 is 0 Å². The predicted octanol–water partition coefficient (Wildman–Crippen LogP) is 2.44. The highest BCUT2D eigenvalue weighted by molar-refractivity contribution is 5.45. The molecule has 0 unspecified atom stereocenters. The summed E-state index contributed by atoms with van der Waals surface area (Å²) in [5.41, 5.74) is 7.44. The zero-order valence-electron chi connectivity index (χ0n) is 9.60. The fraction of sp³-hybridized carbons (Fsp3) is 0.154. The quantitative estimate of drug-likeness (QED) is 0.882. The Morgan fingerprint density at radius 1 is 1.18 bits per heavy atom. The summed E-state index contributed by atoms with van der Waals surface area (Å²) in [4.78, 5) is 6.21. The van der Waals surface area contributed by atoms with E-state index in [0.717, 1.165) is 11.4 Å². The maximum atomic E-state index is 12.8. The minimum absolute atomic E-state index is 0.232. The number of halogens is 1. The summed E-state index contributed by atoms with van der Waals surface area (Å²) in [5.74, 6) is 0.277. The van der Waals surface area contributed by atoms with Crippen molar-refractivity contribution in [1.29, 1.82) is 0 Å². The second-order valence-corrected chi connectivity index (χ2v) is 3.89. The Labute approximate surface area is 99.7 Å². The van der Waals surface area contributed by atoms with E-state index in [1.165, 1.54) is 12.1 Å². The van der Waals surface area contributed by atoms with Crippen LogP contribution in [0.3, 0.4) is 0 Å². The van der Waals surface area contributed by atoms with Gasteiger partial charge in [-0.1, -0.05) is 6.07 Å². The van der Waals surface area contributed by atoms with Crippen LogP contribution in [0, 0.1) is 5.82 Å². The van der Waals surface area contributed by atoms with Gasteiger partial charge in [-0.05, 0) is 36.4 Å². The van der Waals surface area contributed by atoms with E-state index in [1.54, 1.807) is 18.2 Å². The first-order valence-electron chi connectivity index (χ1n) is 5.33. The van der Waals surface area contributed by atoms with Gasteiger partial charge in [-0.25, -0.2) is 9.37 Å². The highest BCUT2D eigenvalue weighted by Gasteiger charge is 2.03. The van der Waals surface area contributed by atoms with Gasteiger partial charge >= 0.3 is 0 Å². The topological polar surface area (TPSA) is 42.1 Å². The molecule has 1 aromatic heterocycles. The normalized spacial score (nSPS) is 10.2. The lowest BCUT2D eigenvalue weighted by atomic mass is 10.2. The standard InChI is InChI=1S/C13H14FN3/c1-17(12-7-5-10(14)6-8-12)9-11-3-2-4-13(15)16-11/h2-8H,9H2,1H3,(H2,15,16). The second-order valence-electron chi connectivity index (χ2n) is 3.89. The van der Waals surface area contributed by atoms with Gasteiger partial charge in [0.25, 0.3) is 0 Å². The molecule has 3 nitrogen and oxygen atoms in total. The van der Waals surface area contributed by atoms with Crippen molar-refractivity contribution < 1.29 is 4.39 Å². The van der Waals surface area contributed by atoms with E-state index in [9.17, 15) is 4.39 Å². The van der Waals surface area contributed by atoms with Gasteiger partial charge in [-0.2, -0.15) is 0 Å². The molecule has 0 saturated carbocycles. The van der Waals surface area contributed by atoms with Gasteiger partial charge in [0.05, 0.1) is 12.2 Å². The van der Waals surface area contributed by atoms with E-state index in [4.69, 9.17) is 5.73 Å². The minimum Gasteiger partial charge on any atom is -0.384 e. The maximum Gasteiger partial charge on any atom is 0.123 e. The van der Waals surface area contributed by atoms with Crippen LogP contribution in [0.25, 0.3) is 0 Å². The van der Waals surface area contributed by atoms with Crippen LogP contribution in [-0.2, 0) is 6.54 Å². The maximum absolute atomic E-state index is 12.8. The Morgan fingerprint density at radius 2 is 1.88 bits per heavy atom. The van der Waals surface area contributed by atoms with Crippen molar-refractivity contribution in [3.05, 3.63) is 54.0 Å². The Balaban J connectivity index is 2.11. The van der Waals surface area contributed by atoms with Crippen LogP contribution in [0.4, 0.5) is 15.9 Å². The van der Waals surface area contributed by atoms with Gasteiger partial charge in [0.1, 0.15) is 11.6 Å². The van der Waals surface area contributed by atoms with Crippen molar-refractivity contribution in [3.8, 4) is 0 Å². The number of benzene rings is 1. The van der Waals surface area contributed by atoms with Crippen molar-refractivity contribution in [2.24, 2.45) is 0 Å². The van der Waals surface area contributed by atoms with E-state index in [0.29, 0.717) is 12.4 Å². The highest BCUT2D eigenvalue weighted by Crippen LogP contribution is 2.15. The lowest BCUT2D eigenvalue weighted by Gasteiger charge is -2.18. The van der Waals surface area contributed by atoms with Gasteiger partial charge in [-0.15, -0.1) is 0 Å². The molecule has 88 valence electrons. The van der Waals surface area contributed by atoms with Gasteiger partial charge < -0.3 is 10.6 Å². The summed E-state index contributed by atoms with van der Waals surface area (Å²) in [6.07, 6.45) is 0. The summed E-state index contributed by atoms with van der Waals surface area (Å²) >= 11 is 0. The third-order valence-corrected chi connectivity index (χ3v) is 2.49. The second kappa shape index (κ2) is 4.82. The van der Waals surface area contributed by atoms with Gasteiger partial charge in [0, 0.05) is 12.7 Å². The van der Waals surface area contributed by atoms with Gasteiger partial charge in [0.15, 0.2) is 0 Å². The van der Waals surface area contributed by atoms with Gasteiger partial charge in [0.2, 0.25) is 0 Å². The van der Waals surface area contributed by atoms with Crippen LogP contribution < -0.4 is 10.6 Å². The average molecular weight is 231 g/mol. The summed E-state index contributed by atoms with van der Waals surface area (Å²) < 4.78 is 12.8. The SMILES string of the molecule is CN(Cc1cccc(N)n1)c1ccc(F)cc1. The fourth-order valence-corrected chi connectivity index (χ4v) is 1.62. The Hall–Kier alpha value is -2.10. The molecule has 0 atom stereocenters. The van der Waals surface area contributed by atoms with E-state index >= 15 is 0 Å². The number of nitrogens with zero attached hydrogens (tertiary/aromatic N) is 2. The molecule has 0 aliphatic heterocycles. The minimum atomic E-state index is -0.232. The van der Waals surface area contributed by atoms with Crippen LogP contribution >= 0.6 is 0 Å². The van der Waals surface area contributed by atoms with Crippen LogP contribution in [0.1, 0.15) is 5.69 Å².